The predicted octanol–water partition coefficient (Wildman–Crippen LogP) is 4.26. The van der Waals surface area contributed by atoms with Gasteiger partial charge in [0.05, 0.1) is 4.92 Å². The smallest absolute Gasteiger partial charge is 0.281 e. The van der Waals surface area contributed by atoms with E-state index in [9.17, 15) is 14.9 Å². The zero-order valence-electron chi connectivity index (χ0n) is 11.9. The maximum absolute atomic E-state index is 11.1. The Morgan fingerprint density at radius 2 is 2.04 bits per heavy atom. The molecule has 0 aliphatic heterocycles. The van der Waals surface area contributed by atoms with Crippen LogP contribution in [0.2, 0.25) is 5.02 Å². The summed E-state index contributed by atoms with van der Waals surface area (Å²) >= 11 is 6.97. The molecule has 3 rings (SSSR count). The molecule has 24 heavy (non-hydrogen) atoms. The fourth-order valence-corrected chi connectivity index (χ4v) is 2.86. The Bertz CT molecular complexity index is 929. The van der Waals surface area contributed by atoms with Crippen LogP contribution in [0.5, 0.6) is 0 Å². The molecule has 0 aliphatic carbocycles. The highest BCUT2D eigenvalue weighted by atomic mass is 35.5. The van der Waals surface area contributed by atoms with Gasteiger partial charge in [-0.15, -0.1) is 10.2 Å². The van der Waals surface area contributed by atoms with Crippen molar-refractivity contribution in [3.63, 3.8) is 0 Å². The molecular formula is C15H8ClN3O4S. The number of nitro benzene ring substituents is 1. The minimum Gasteiger partial charge on any atom is -0.411 e. The lowest BCUT2D eigenvalue weighted by molar-refractivity contribution is -0.384. The van der Waals surface area contributed by atoms with Gasteiger partial charge < -0.3 is 4.42 Å². The lowest BCUT2D eigenvalue weighted by Crippen LogP contribution is -1.92. The van der Waals surface area contributed by atoms with E-state index >= 15 is 0 Å². The second kappa shape index (κ2) is 6.81. The minimum atomic E-state index is -0.564. The Hall–Kier alpha value is -2.71. The van der Waals surface area contributed by atoms with E-state index < -0.39 is 4.92 Å². The number of non-ortho nitro benzene ring substituents is 1. The van der Waals surface area contributed by atoms with Gasteiger partial charge in [-0.05, 0) is 36.0 Å². The molecule has 1 heterocycles. The van der Waals surface area contributed by atoms with Crippen LogP contribution < -0.4 is 0 Å². The summed E-state index contributed by atoms with van der Waals surface area (Å²) in [6.45, 7) is 0. The zero-order chi connectivity index (χ0) is 17.1. The number of carbonyl (C=O) groups is 1. The molecule has 0 aliphatic rings. The first-order chi connectivity index (χ1) is 11.6. The normalized spacial score (nSPS) is 10.5. The fourth-order valence-electron chi connectivity index (χ4n) is 1.92. The minimum absolute atomic E-state index is 0.161. The second-order valence-electron chi connectivity index (χ2n) is 4.58. The first-order valence-electron chi connectivity index (χ1n) is 6.58. The Morgan fingerprint density at radius 3 is 2.75 bits per heavy atom. The largest absolute Gasteiger partial charge is 0.411 e. The molecule has 3 aromatic rings. The molecule has 0 atom stereocenters. The van der Waals surface area contributed by atoms with Crippen molar-refractivity contribution < 1.29 is 14.1 Å². The molecule has 0 bridgehead atoms. The quantitative estimate of drug-likeness (QED) is 0.380. The Labute approximate surface area is 144 Å². The van der Waals surface area contributed by atoms with E-state index in [1.165, 1.54) is 18.2 Å². The third-order valence-electron chi connectivity index (χ3n) is 3.01. The van der Waals surface area contributed by atoms with E-state index in [0.717, 1.165) is 11.8 Å². The zero-order valence-corrected chi connectivity index (χ0v) is 13.5. The SMILES string of the molecule is O=Cc1cc([N+](=O)[O-])ccc1Sc1nnc(-c2cccc(Cl)c2)o1. The topological polar surface area (TPSA) is 99.1 Å². The van der Waals surface area contributed by atoms with Crippen molar-refractivity contribution in [1.29, 1.82) is 0 Å². The van der Waals surface area contributed by atoms with E-state index in [1.807, 2.05) is 0 Å². The first kappa shape index (κ1) is 16.2. The predicted molar refractivity (Wildman–Crippen MR) is 87.4 cm³/mol. The highest BCUT2D eigenvalue weighted by Crippen LogP contribution is 2.33. The molecule has 1 aromatic heterocycles. The number of hydrogen-bond acceptors (Lipinski definition) is 7. The van der Waals surface area contributed by atoms with Crippen molar-refractivity contribution in [1.82, 2.24) is 10.2 Å². The Balaban J connectivity index is 1.87. The molecule has 0 saturated carbocycles. The monoisotopic (exact) mass is 361 g/mol. The molecular weight excluding hydrogens is 354 g/mol. The first-order valence-corrected chi connectivity index (χ1v) is 7.77. The van der Waals surface area contributed by atoms with Crippen LogP contribution in [0.15, 0.2) is 57.0 Å². The summed E-state index contributed by atoms with van der Waals surface area (Å²) in [5.74, 6) is 0.287. The molecule has 0 spiro atoms. The number of hydrogen-bond donors (Lipinski definition) is 0. The number of benzene rings is 2. The Kier molecular flexibility index (Phi) is 4.59. The number of halogens is 1. The average Bonchev–Trinajstić information content (AvgIpc) is 3.03. The molecule has 120 valence electrons. The van der Waals surface area contributed by atoms with Crippen molar-refractivity contribution in [2.24, 2.45) is 0 Å². The van der Waals surface area contributed by atoms with Gasteiger partial charge in [-0.1, -0.05) is 17.7 Å². The van der Waals surface area contributed by atoms with Gasteiger partial charge in [-0.2, -0.15) is 0 Å². The van der Waals surface area contributed by atoms with Crippen molar-refractivity contribution in [2.75, 3.05) is 0 Å². The van der Waals surface area contributed by atoms with Crippen molar-refractivity contribution in [2.45, 2.75) is 10.1 Å². The molecule has 9 heteroatoms. The summed E-state index contributed by atoms with van der Waals surface area (Å²) in [6.07, 6.45) is 0.545. The molecule has 7 nitrogen and oxygen atoms in total. The van der Waals surface area contributed by atoms with Gasteiger partial charge in [0.25, 0.3) is 10.9 Å². The van der Waals surface area contributed by atoms with E-state index in [-0.39, 0.29) is 22.4 Å². The lowest BCUT2D eigenvalue weighted by atomic mass is 10.2. The summed E-state index contributed by atoms with van der Waals surface area (Å²) in [7, 11) is 0. The van der Waals surface area contributed by atoms with Gasteiger partial charge in [0.15, 0.2) is 6.29 Å². The highest BCUT2D eigenvalue weighted by molar-refractivity contribution is 7.99. The van der Waals surface area contributed by atoms with Gasteiger partial charge in [0, 0.05) is 33.2 Å². The molecule has 0 amide bonds. The van der Waals surface area contributed by atoms with Gasteiger partial charge in [0.1, 0.15) is 0 Å². The van der Waals surface area contributed by atoms with Crippen LogP contribution in [0, 0.1) is 10.1 Å². The molecule has 0 radical (unpaired) electrons. The van der Waals surface area contributed by atoms with Gasteiger partial charge in [-0.3, -0.25) is 14.9 Å². The van der Waals surface area contributed by atoms with Crippen LogP contribution in [0.1, 0.15) is 10.4 Å². The number of nitro groups is 1. The van der Waals surface area contributed by atoms with Gasteiger partial charge >= 0.3 is 0 Å². The molecule has 2 aromatic carbocycles. The standard InChI is InChI=1S/C15H8ClN3O4S/c16-11-3-1-2-9(6-11)14-17-18-15(23-14)24-13-5-4-12(19(21)22)7-10(13)8-20/h1-8H. The summed E-state index contributed by atoms with van der Waals surface area (Å²) in [5, 5.41) is 19.3. The van der Waals surface area contributed by atoms with E-state index in [4.69, 9.17) is 16.0 Å². The number of aromatic nitrogens is 2. The van der Waals surface area contributed by atoms with E-state index in [2.05, 4.69) is 10.2 Å². The highest BCUT2D eigenvalue weighted by Gasteiger charge is 2.15. The molecule has 0 unspecified atom stereocenters. The van der Waals surface area contributed by atoms with Crippen LogP contribution in [0.3, 0.4) is 0 Å². The summed E-state index contributed by atoms with van der Waals surface area (Å²) in [6, 6.07) is 10.9. The number of aldehydes is 1. The van der Waals surface area contributed by atoms with Gasteiger partial charge in [-0.25, -0.2) is 0 Å². The number of nitrogens with zero attached hydrogens (tertiary/aromatic N) is 3. The van der Waals surface area contributed by atoms with Crippen LogP contribution >= 0.6 is 23.4 Å². The van der Waals surface area contributed by atoms with Crippen molar-refractivity contribution >= 4 is 35.3 Å². The van der Waals surface area contributed by atoms with E-state index in [0.29, 0.717) is 21.8 Å². The van der Waals surface area contributed by atoms with Crippen molar-refractivity contribution in [3.8, 4) is 11.5 Å². The second-order valence-corrected chi connectivity index (χ2v) is 6.01. The fraction of sp³-hybridized carbons (Fsp3) is 0. The van der Waals surface area contributed by atoms with Crippen molar-refractivity contribution in [3.05, 3.63) is 63.2 Å². The Morgan fingerprint density at radius 1 is 1.21 bits per heavy atom. The maximum Gasteiger partial charge on any atom is 0.281 e. The molecule has 0 N–H and O–H groups in total. The van der Waals surface area contributed by atoms with Gasteiger partial charge in [0.2, 0.25) is 5.89 Å². The third-order valence-corrected chi connectivity index (χ3v) is 4.17. The number of rotatable bonds is 5. The van der Waals surface area contributed by atoms with Crippen LogP contribution in [0.25, 0.3) is 11.5 Å². The number of carbonyl (C=O) groups excluding carboxylic acids is 1. The summed E-state index contributed by atoms with van der Waals surface area (Å²) in [5.41, 5.74) is 0.685. The lowest BCUT2D eigenvalue weighted by Gasteiger charge is -2.01. The molecule has 0 saturated heterocycles. The van der Waals surface area contributed by atoms with Crippen LogP contribution in [-0.4, -0.2) is 21.4 Å². The molecule has 0 fully saturated rings. The summed E-state index contributed by atoms with van der Waals surface area (Å²) in [4.78, 5) is 21.8. The van der Waals surface area contributed by atoms with Crippen LogP contribution in [0.4, 0.5) is 5.69 Å². The average molecular weight is 362 g/mol. The maximum atomic E-state index is 11.1. The van der Waals surface area contributed by atoms with E-state index in [1.54, 1.807) is 24.3 Å². The third kappa shape index (κ3) is 3.44. The van der Waals surface area contributed by atoms with Crippen LogP contribution in [-0.2, 0) is 0 Å². The summed E-state index contributed by atoms with van der Waals surface area (Å²) < 4.78 is 5.54.